The molecule has 2 aromatic carbocycles. The number of benzene rings is 2. The summed E-state index contributed by atoms with van der Waals surface area (Å²) < 4.78 is 7.26. The van der Waals surface area contributed by atoms with Crippen LogP contribution in [-0.4, -0.2) is 14.8 Å². The number of fused-ring (bicyclic) bond motifs is 1. The van der Waals surface area contributed by atoms with Crippen molar-refractivity contribution in [1.82, 2.24) is 14.8 Å². The molecule has 5 nitrogen and oxygen atoms in total. The summed E-state index contributed by atoms with van der Waals surface area (Å²) in [6.45, 7) is 1.97. The minimum Gasteiger partial charge on any atom is -0.423 e. The Kier molecular flexibility index (Phi) is 4.76. The van der Waals surface area contributed by atoms with Gasteiger partial charge in [-0.15, -0.1) is 10.2 Å². The van der Waals surface area contributed by atoms with Gasteiger partial charge in [0.25, 0.3) is 0 Å². The van der Waals surface area contributed by atoms with Gasteiger partial charge in [0, 0.05) is 34.8 Å². The van der Waals surface area contributed by atoms with E-state index in [9.17, 15) is 4.79 Å². The largest absolute Gasteiger partial charge is 0.423 e. The van der Waals surface area contributed by atoms with E-state index >= 15 is 0 Å². The summed E-state index contributed by atoms with van der Waals surface area (Å²) in [6, 6.07) is 14.9. The zero-order valence-electron chi connectivity index (χ0n) is 14.8. The van der Waals surface area contributed by atoms with Gasteiger partial charge in [0.2, 0.25) is 0 Å². The molecular formula is C20H16ClN3O2S. The normalized spacial score (nSPS) is 11.2. The lowest BCUT2D eigenvalue weighted by Gasteiger charge is -2.07. The van der Waals surface area contributed by atoms with Crippen molar-refractivity contribution < 1.29 is 4.42 Å². The van der Waals surface area contributed by atoms with Gasteiger partial charge in [0.1, 0.15) is 5.58 Å². The van der Waals surface area contributed by atoms with E-state index in [4.69, 9.17) is 16.0 Å². The summed E-state index contributed by atoms with van der Waals surface area (Å²) in [5.74, 6) is 1.36. The predicted octanol–water partition coefficient (Wildman–Crippen LogP) is 4.84. The van der Waals surface area contributed by atoms with Gasteiger partial charge < -0.3 is 8.98 Å². The number of aryl methyl sites for hydroxylation is 1. The number of hydrogen-bond donors (Lipinski definition) is 0. The van der Waals surface area contributed by atoms with Gasteiger partial charge in [-0.2, -0.15) is 0 Å². The Morgan fingerprint density at radius 2 is 1.89 bits per heavy atom. The second-order valence-electron chi connectivity index (χ2n) is 6.25. The Morgan fingerprint density at radius 3 is 2.67 bits per heavy atom. The van der Waals surface area contributed by atoms with Crippen LogP contribution in [0.4, 0.5) is 0 Å². The van der Waals surface area contributed by atoms with Gasteiger partial charge in [-0.3, -0.25) is 0 Å². The van der Waals surface area contributed by atoms with Crippen LogP contribution in [-0.2, 0) is 12.8 Å². The van der Waals surface area contributed by atoms with Crippen LogP contribution >= 0.6 is 23.4 Å². The lowest BCUT2D eigenvalue weighted by Crippen LogP contribution is -2.01. The lowest BCUT2D eigenvalue weighted by molar-refractivity contribution is 0.559. The molecule has 136 valence electrons. The van der Waals surface area contributed by atoms with Gasteiger partial charge >= 0.3 is 5.63 Å². The molecular weight excluding hydrogens is 382 g/mol. The summed E-state index contributed by atoms with van der Waals surface area (Å²) in [5.41, 5.74) is 3.18. The van der Waals surface area contributed by atoms with Crippen molar-refractivity contribution in [2.24, 2.45) is 7.05 Å². The number of halogens is 1. The Morgan fingerprint density at radius 1 is 1.11 bits per heavy atom. The van der Waals surface area contributed by atoms with Gasteiger partial charge in [0.05, 0.1) is 0 Å². The van der Waals surface area contributed by atoms with E-state index in [1.54, 1.807) is 6.07 Å². The molecule has 0 N–H and O–H groups in total. The first-order valence-corrected chi connectivity index (χ1v) is 9.69. The second-order valence-corrected chi connectivity index (χ2v) is 7.63. The average molecular weight is 398 g/mol. The fourth-order valence-electron chi connectivity index (χ4n) is 2.89. The summed E-state index contributed by atoms with van der Waals surface area (Å²) in [6.07, 6.45) is 0. The summed E-state index contributed by atoms with van der Waals surface area (Å²) >= 11 is 7.48. The summed E-state index contributed by atoms with van der Waals surface area (Å²) in [7, 11) is 1.92. The third-order valence-electron chi connectivity index (χ3n) is 4.28. The Bertz CT molecular complexity index is 1180. The fourth-order valence-corrected chi connectivity index (χ4v) is 3.92. The number of hydrogen-bond acceptors (Lipinski definition) is 5. The van der Waals surface area contributed by atoms with Gasteiger partial charge in [-0.05, 0) is 48.4 Å². The average Bonchev–Trinajstić information content (AvgIpc) is 3.00. The predicted molar refractivity (Wildman–Crippen MR) is 108 cm³/mol. The summed E-state index contributed by atoms with van der Waals surface area (Å²) in [5, 5.41) is 11.0. The molecule has 0 atom stereocenters. The van der Waals surface area contributed by atoms with Crippen molar-refractivity contribution in [3.63, 3.8) is 0 Å². The molecule has 0 saturated carbocycles. The first-order valence-electron chi connectivity index (χ1n) is 8.33. The molecule has 0 amide bonds. The van der Waals surface area contributed by atoms with Crippen LogP contribution in [0.15, 0.2) is 62.9 Å². The number of nitrogens with zero attached hydrogens (tertiary/aromatic N) is 3. The third-order valence-corrected chi connectivity index (χ3v) is 5.60. The molecule has 0 aliphatic rings. The maximum atomic E-state index is 11.9. The van der Waals surface area contributed by atoms with E-state index in [0.717, 1.165) is 33.1 Å². The molecule has 2 aromatic heterocycles. The van der Waals surface area contributed by atoms with Crippen LogP contribution in [0.3, 0.4) is 0 Å². The van der Waals surface area contributed by atoms with Crippen LogP contribution in [0.25, 0.3) is 22.4 Å². The molecule has 0 aliphatic heterocycles. The van der Waals surface area contributed by atoms with E-state index in [1.165, 1.54) is 11.8 Å². The molecule has 0 bridgehead atoms. The maximum absolute atomic E-state index is 11.9. The number of rotatable bonds is 4. The minimum atomic E-state index is -0.344. The Hall–Kier alpha value is -2.57. The minimum absolute atomic E-state index is 0.344. The molecule has 27 heavy (non-hydrogen) atoms. The van der Waals surface area contributed by atoms with Crippen molar-refractivity contribution in [3.8, 4) is 11.4 Å². The van der Waals surface area contributed by atoms with Crippen molar-refractivity contribution >= 4 is 34.3 Å². The Balaban J connectivity index is 1.62. The zero-order chi connectivity index (χ0) is 19.0. The first kappa shape index (κ1) is 17.8. The highest BCUT2D eigenvalue weighted by molar-refractivity contribution is 7.98. The maximum Gasteiger partial charge on any atom is 0.336 e. The van der Waals surface area contributed by atoms with E-state index in [2.05, 4.69) is 10.2 Å². The zero-order valence-corrected chi connectivity index (χ0v) is 16.3. The topological polar surface area (TPSA) is 60.9 Å². The molecule has 7 heteroatoms. The van der Waals surface area contributed by atoms with Crippen molar-refractivity contribution in [3.05, 3.63) is 75.1 Å². The molecule has 0 saturated heterocycles. The summed E-state index contributed by atoms with van der Waals surface area (Å²) in [4.78, 5) is 11.9. The highest BCUT2D eigenvalue weighted by atomic mass is 35.5. The van der Waals surface area contributed by atoms with Gasteiger partial charge in [0.15, 0.2) is 11.0 Å². The SMILES string of the molecule is Cc1ccc2c(CSc3nnc(-c4ccc(Cl)cc4)n3C)cc(=O)oc2c1. The van der Waals surface area contributed by atoms with Gasteiger partial charge in [-0.25, -0.2) is 4.79 Å². The molecule has 2 heterocycles. The number of aromatic nitrogens is 3. The number of thioether (sulfide) groups is 1. The van der Waals surface area contributed by atoms with Crippen LogP contribution in [0, 0.1) is 6.92 Å². The lowest BCUT2D eigenvalue weighted by atomic mass is 10.1. The van der Waals surface area contributed by atoms with Crippen LogP contribution < -0.4 is 5.63 Å². The molecule has 4 aromatic rings. The quantitative estimate of drug-likeness (QED) is 0.364. The van der Waals surface area contributed by atoms with Crippen LogP contribution in [0.2, 0.25) is 5.02 Å². The molecule has 4 rings (SSSR count). The smallest absolute Gasteiger partial charge is 0.336 e. The molecule has 0 aliphatic carbocycles. The third kappa shape index (κ3) is 3.63. The highest BCUT2D eigenvalue weighted by Gasteiger charge is 2.13. The Labute approximate surface area is 165 Å². The van der Waals surface area contributed by atoms with Crippen LogP contribution in [0.5, 0.6) is 0 Å². The molecule has 0 spiro atoms. The van der Waals surface area contributed by atoms with E-state index in [-0.39, 0.29) is 5.63 Å². The highest BCUT2D eigenvalue weighted by Crippen LogP contribution is 2.28. The van der Waals surface area contributed by atoms with Crippen molar-refractivity contribution in [2.45, 2.75) is 17.8 Å². The van der Waals surface area contributed by atoms with Crippen molar-refractivity contribution in [1.29, 1.82) is 0 Å². The van der Waals surface area contributed by atoms with E-state index in [0.29, 0.717) is 16.4 Å². The first-order chi connectivity index (χ1) is 13.0. The molecule has 0 unspecified atom stereocenters. The van der Waals surface area contributed by atoms with E-state index in [1.807, 2.05) is 61.0 Å². The monoisotopic (exact) mass is 397 g/mol. The van der Waals surface area contributed by atoms with Gasteiger partial charge in [-0.1, -0.05) is 35.5 Å². The fraction of sp³-hybridized carbons (Fsp3) is 0.150. The van der Waals surface area contributed by atoms with Crippen LogP contribution in [0.1, 0.15) is 11.1 Å². The molecule has 0 fully saturated rings. The standard InChI is InChI=1S/C20H16ClN3O2S/c1-12-3-8-16-14(10-18(25)26-17(16)9-12)11-27-20-23-22-19(24(20)2)13-4-6-15(21)7-5-13/h3-10H,11H2,1-2H3. The second kappa shape index (κ2) is 7.21. The molecule has 0 radical (unpaired) electrons. The van der Waals surface area contributed by atoms with Crippen molar-refractivity contribution in [2.75, 3.05) is 0 Å². The van der Waals surface area contributed by atoms with E-state index < -0.39 is 0 Å².